The minimum absolute atomic E-state index is 0.305. The van der Waals surface area contributed by atoms with Gasteiger partial charge in [-0.05, 0) is 31.9 Å². The molecule has 0 spiro atoms. The number of aromatic nitrogens is 2. The van der Waals surface area contributed by atoms with Crippen LogP contribution in [-0.4, -0.2) is 9.78 Å². The zero-order valence-electron chi connectivity index (χ0n) is 11.4. The van der Waals surface area contributed by atoms with Crippen LogP contribution in [0.4, 0.5) is 0 Å². The summed E-state index contributed by atoms with van der Waals surface area (Å²) < 4.78 is 2.07. The number of nitrogens with zero attached hydrogens (tertiary/aromatic N) is 2. The van der Waals surface area contributed by atoms with Crippen molar-refractivity contribution in [1.29, 1.82) is 0 Å². The van der Waals surface area contributed by atoms with Crippen LogP contribution >= 0.6 is 0 Å². The molecule has 0 N–H and O–H groups in total. The van der Waals surface area contributed by atoms with Gasteiger partial charge in [-0.15, -0.1) is 0 Å². The Balaban J connectivity index is 0.000000686. The van der Waals surface area contributed by atoms with Crippen LogP contribution in [0.2, 0.25) is 0 Å². The maximum absolute atomic E-state index is 4.41. The van der Waals surface area contributed by atoms with Crippen molar-refractivity contribution >= 4 is 0 Å². The first kappa shape index (κ1) is 13.5. The van der Waals surface area contributed by atoms with E-state index in [9.17, 15) is 0 Å². The minimum Gasteiger partial charge on any atom is -0.262 e. The highest BCUT2D eigenvalue weighted by Gasteiger charge is 2.11. The molecule has 2 nitrogen and oxygen atoms in total. The summed E-state index contributed by atoms with van der Waals surface area (Å²) in [7, 11) is 0. The predicted octanol–water partition coefficient (Wildman–Crippen LogP) is 4.14. The van der Waals surface area contributed by atoms with Gasteiger partial charge in [0.2, 0.25) is 0 Å². The number of rotatable bonds is 2. The van der Waals surface area contributed by atoms with Gasteiger partial charge in [-0.25, -0.2) is 0 Å². The van der Waals surface area contributed by atoms with Gasteiger partial charge in [0, 0.05) is 5.69 Å². The summed E-state index contributed by atoms with van der Waals surface area (Å²) >= 11 is 0. The van der Waals surface area contributed by atoms with Gasteiger partial charge in [-0.3, -0.25) is 4.68 Å². The molecule has 1 heterocycles. The van der Waals surface area contributed by atoms with E-state index in [0.717, 1.165) is 0 Å². The van der Waals surface area contributed by atoms with Gasteiger partial charge in [-0.2, -0.15) is 5.10 Å². The number of benzene rings is 1. The zero-order chi connectivity index (χ0) is 12.8. The SMILES string of the molecule is CC.Cc1cnn(C(C)c2ccccc2)c1C. The van der Waals surface area contributed by atoms with E-state index in [4.69, 9.17) is 0 Å². The van der Waals surface area contributed by atoms with Gasteiger partial charge in [0.15, 0.2) is 0 Å². The van der Waals surface area contributed by atoms with Crippen LogP contribution in [0.15, 0.2) is 36.5 Å². The largest absolute Gasteiger partial charge is 0.262 e. The lowest BCUT2D eigenvalue weighted by molar-refractivity contribution is 0.549. The van der Waals surface area contributed by atoms with Crippen LogP contribution in [0.3, 0.4) is 0 Å². The van der Waals surface area contributed by atoms with Gasteiger partial charge in [-0.1, -0.05) is 44.2 Å². The summed E-state index contributed by atoms with van der Waals surface area (Å²) in [5.41, 5.74) is 3.79. The van der Waals surface area contributed by atoms with Crippen LogP contribution in [0.1, 0.15) is 43.6 Å². The van der Waals surface area contributed by atoms with Gasteiger partial charge in [0.05, 0.1) is 12.2 Å². The first-order valence-electron chi connectivity index (χ1n) is 6.26. The quantitative estimate of drug-likeness (QED) is 0.758. The van der Waals surface area contributed by atoms with E-state index in [1.54, 1.807) is 0 Å². The smallest absolute Gasteiger partial charge is 0.0743 e. The highest BCUT2D eigenvalue weighted by atomic mass is 15.3. The van der Waals surface area contributed by atoms with E-state index in [1.165, 1.54) is 16.8 Å². The highest BCUT2D eigenvalue weighted by Crippen LogP contribution is 2.19. The summed E-state index contributed by atoms with van der Waals surface area (Å²) in [6, 6.07) is 10.8. The fourth-order valence-corrected chi connectivity index (χ4v) is 1.77. The molecule has 2 aromatic rings. The van der Waals surface area contributed by atoms with Crippen molar-refractivity contribution in [2.75, 3.05) is 0 Å². The average Bonchev–Trinajstić information content (AvgIpc) is 2.73. The summed E-state index contributed by atoms with van der Waals surface area (Å²) in [5, 5.41) is 4.41. The molecular formula is C15H22N2. The van der Waals surface area contributed by atoms with Crippen LogP contribution in [-0.2, 0) is 0 Å². The molecule has 1 aromatic carbocycles. The number of hydrogen-bond acceptors (Lipinski definition) is 1. The molecule has 0 aliphatic rings. The Bertz CT molecular complexity index is 443. The van der Waals surface area contributed by atoms with Gasteiger partial charge in [0.1, 0.15) is 0 Å². The maximum Gasteiger partial charge on any atom is 0.0743 e. The topological polar surface area (TPSA) is 17.8 Å². The summed E-state index contributed by atoms with van der Waals surface area (Å²) in [5.74, 6) is 0. The summed E-state index contributed by atoms with van der Waals surface area (Å²) in [4.78, 5) is 0. The van der Waals surface area contributed by atoms with Crippen molar-refractivity contribution in [1.82, 2.24) is 9.78 Å². The Labute approximate surface area is 104 Å². The molecule has 0 saturated heterocycles. The summed E-state index contributed by atoms with van der Waals surface area (Å²) in [6.45, 7) is 10.4. The molecule has 92 valence electrons. The molecule has 0 aliphatic heterocycles. The molecule has 0 amide bonds. The van der Waals surface area contributed by atoms with Crippen molar-refractivity contribution in [2.45, 2.75) is 40.7 Å². The Kier molecular flexibility index (Phi) is 4.95. The van der Waals surface area contributed by atoms with Gasteiger partial charge in [0.25, 0.3) is 0 Å². The Hall–Kier alpha value is -1.57. The molecule has 1 aromatic heterocycles. The Morgan fingerprint density at radius 1 is 1.06 bits per heavy atom. The third-order valence-electron chi connectivity index (χ3n) is 2.94. The van der Waals surface area contributed by atoms with E-state index in [2.05, 4.69) is 54.8 Å². The average molecular weight is 230 g/mol. The van der Waals surface area contributed by atoms with Crippen LogP contribution in [0.5, 0.6) is 0 Å². The maximum atomic E-state index is 4.41. The molecule has 2 rings (SSSR count). The first-order valence-corrected chi connectivity index (χ1v) is 6.26. The lowest BCUT2D eigenvalue weighted by Gasteiger charge is -2.14. The number of hydrogen-bond donors (Lipinski definition) is 0. The summed E-state index contributed by atoms with van der Waals surface area (Å²) in [6.07, 6.45) is 1.93. The normalized spacial score (nSPS) is 11.6. The fourth-order valence-electron chi connectivity index (χ4n) is 1.77. The third-order valence-corrected chi connectivity index (χ3v) is 2.94. The van der Waals surface area contributed by atoms with Gasteiger partial charge < -0.3 is 0 Å². The van der Waals surface area contributed by atoms with E-state index >= 15 is 0 Å². The van der Waals surface area contributed by atoms with Crippen LogP contribution < -0.4 is 0 Å². The predicted molar refractivity (Wildman–Crippen MR) is 73.3 cm³/mol. The second-order valence-electron chi connectivity index (χ2n) is 3.94. The first-order chi connectivity index (χ1) is 8.20. The van der Waals surface area contributed by atoms with Crippen LogP contribution in [0, 0.1) is 13.8 Å². The fraction of sp³-hybridized carbons (Fsp3) is 0.400. The molecule has 17 heavy (non-hydrogen) atoms. The lowest BCUT2D eigenvalue weighted by Crippen LogP contribution is -2.10. The van der Waals surface area contributed by atoms with Crippen LogP contribution in [0.25, 0.3) is 0 Å². The molecular weight excluding hydrogens is 208 g/mol. The molecule has 0 fully saturated rings. The van der Waals surface area contributed by atoms with Crippen molar-refractivity contribution in [2.24, 2.45) is 0 Å². The van der Waals surface area contributed by atoms with Crippen molar-refractivity contribution < 1.29 is 0 Å². The third kappa shape index (κ3) is 2.96. The lowest BCUT2D eigenvalue weighted by atomic mass is 10.1. The van der Waals surface area contributed by atoms with E-state index < -0.39 is 0 Å². The van der Waals surface area contributed by atoms with Crippen molar-refractivity contribution in [3.8, 4) is 0 Å². The standard InChI is InChI=1S/C13H16N2.C2H6/c1-10-9-14-15(11(10)2)12(3)13-7-5-4-6-8-13;1-2/h4-9,12H,1-3H3;1-2H3. The second-order valence-corrected chi connectivity index (χ2v) is 3.94. The molecule has 0 bridgehead atoms. The molecule has 0 saturated carbocycles. The molecule has 1 atom stereocenters. The molecule has 1 unspecified atom stereocenters. The monoisotopic (exact) mass is 230 g/mol. The molecule has 0 radical (unpaired) electrons. The van der Waals surface area contributed by atoms with Crippen molar-refractivity contribution in [3.05, 3.63) is 53.3 Å². The minimum atomic E-state index is 0.305. The Morgan fingerprint density at radius 2 is 1.65 bits per heavy atom. The zero-order valence-corrected chi connectivity index (χ0v) is 11.4. The second kappa shape index (κ2) is 6.24. The molecule has 0 aliphatic carbocycles. The Morgan fingerprint density at radius 3 is 2.12 bits per heavy atom. The van der Waals surface area contributed by atoms with E-state index in [1.807, 2.05) is 26.1 Å². The van der Waals surface area contributed by atoms with E-state index in [0.29, 0.717) is 6.04 Å². The number of aryl methyl sites for hydroxylation is 1. The van der Waals surface area contributed by atoms with Crippen molar-refractivity contribution in [3.63, 3.8) is 0 Å². The van der Waals surface area contributed by atoms with Gasteiger partial charge >= 0.3 is 0 Å². The highest BCUT2D eigenvalue weighted by molar-refractivity contribution is 5.22. The van der Waals surface area contributed by atoms with E-state index in [-0.39, 0.29) is 0 Å². The molecule has 2 heteroatoms.